The highest BCUT2D eigenvalue weighted by Gasteiger charge is 2.31. The molecule has 10 heteroatoms. The Hall–Kier alpha value is -2.49. The van der Waals surface area contributed by atoms with Gasteiger partial charge >= 0.3 is 12.1 Å². The van der Waals surface area contributed by atoms with Gasteiger partial charge in [0, 0.05) is 5.69 Å². The number of benzene rings is 1. The molecule has 1 saturated heterocycles. The number of alkyl halides is 3. The van der Waals surface area contributed by atoms with Crippen LogP contribution in [0.25, 0.3) is 0 Å². The topological polar surface area (TPSA) is 75.7 Å². The van der Waals surface area contributed by atoms with Crippen molar-refractivity contribution in [2.75, 3.05) is 24.2 Å². The van der Waals surface area contributed by atoms with E-state index in [9.17, 15) is 27.6 Å². The highest BCUT2D eigenvalue weighted by Crippen LogP contribution is 2.31. The van der Waals surface area contributed by atoms with Gasteiger partial charge < -0.3 is 10.1 Å². The summed E-state index contributed by atoms with van der Waals surface area (Å²) in [4.78, 5) is 36.6. The Morgan fingerprint density at radius 2 is 2.12 bits per heavy atom. The average Bonchev–Trinajstić information content (AvgIpc) is 2.87. The van der Waals surface area contributed by atoms with E-state index in [4.69, 9.17) is 4.74 Å². The van der Waals surface area contributed by atoms with Gasteiger partial charge in [-0.2, -0.15) is 13.2 Å². The predicted molar refractivity (Wildman–Crippen MR) is 89.0 cm³/mol. The second-order valence-electron chi connectivity index (χ2n) is 5.13. The summed E-state index contributed by atoms with van der Waals surface area (Å²) in [6, 6.07) is 4.16. The number of thioether (sulfide) groups is 1. The number of nitrogens with zero attached hydrogens (tertiary/aromatic N) is 1. The quantitative estimate of drug-likeness (QED) is 0.620. The first-order valence-electron chi connectivity index (χ1n) is 7.49. The van der Waals surface area contributed by atoms with Crippen molar-refractivity contribution in [1.29, 1.82) is 0 Å². The van der Waals surface area contributed by atoms with Crippen molar-refractivity contribution in [2.45, 2.75) is 13.1 Å². The molecule has 0 unspecified atom stereocenters. The van der Waals surface area contributed by atoms with Crippen molar-refractivity contribution in [3.05, 3.63) is 40.9 Å². The summed E-state index contributed by atoms with van der Waals surface area (Å²) in [5.74, 6) is -1.66. The summed E-state index contributed by atoms with van der Waals surface area (Å²) in [5, 5.41) is 2.57. The highest BCUT2D eigenvalue weighted by molar-refractivity contribution is 8.04. The summed E-state index contributed by atoms with van der Waals surface area (Å²) < 4.78 is 42.9. The van der Waals surface area contributed by atoms with Crippen LogP contribution in [0, 0.1) is 0 Å². The van der Waals surface area contributed by atoms with E-state index < -0.39 is 30.2 Å². The standard InChI is InChI=1S/C16H15F3N2O4S/c1-2-25-15(24)7-14-21(13(23)9-26-14)8-12(22)20-11-5-3-4-10(6-11)16(17,18)19/h3-7H,2,8-9H2,1H3,(H,20,22)/b14-7-. The normalized spacial score (nSPS) is 16.1. The van der Waals surface area contributed by atoms with Crippen molar-refractivity contribution in [3.63, 3.8) is 0 Å². The predicted octanol–water partition coefficient (Wildman–Crippen LogP) is 2.62. The van der Waals surface area contributed by atoms with E-state index in [0.29, 0.717) is 0 Å². The Kier molecular flexibility index (Phi) is 6.30. The Balaban J connectivity index is 2.06. The minimum absolute atomic E-state index is 0.0416. The molecule has 2 rings (SSSR count). The molecular weight excluding hydrogens is 373 g/mol. The van der Waals surface area contributed by atoms with E-state index in [-0.39, 0.29) is 29.0 Å². The largest absolute Gasteiger partial charge is 0.463 e. The lowest BCUT2D eigenvalue weighted by molar-refractivity contribution is -0.138. The number of hydrogen-bond acceptors (Lipinski definition) is 5. The molecule has 6 nitrogen and oxygen atoms in total. The third-order valence-electron chi connectivity index (χ3n) is 3.21. The van der Waals surface area contributed by atoms with Crippen molar-refractivity contribution in [1.82, 2.24) is 4.90 Å². The van der Waals surface area contributed by atoms with Crippen molar-refractivity contribution >= 4 is 35.2 Å². The number of esters is 1. The molecule has 1 aliphatic rings. The molecule has 0 bridgehead atoms. The lowest BCUT2D eigenvalue weighted by atomic mass is 10.2. The first-order chi connectivity index (χ1) is 12.2. The number of anilines is 1. The van der Waals surface area contributed by atoms with E-state index in [1.807, 2.05) is 0 Å². The molecule has 1 fully saturated rings. The van der Waals surface area contributed by atoms with Crippen LogP contribution in [0.15, 0.2) is 35.4 Å². The Bertz CT molecular complexity index is 749. The maximum Gasteiger partial charge on any atom is 0.416 e. The Labute approximate surface area is 151 Å². The van der Waals surface area contributed by atoms with E-state index in [2.05, 4.69) is 5.32 Å². The lowest BCUT2D eigenvalue weighted by Gasteiger charge is -2.17. The number of rotatable bonds is 5. The summed E-state index contributed by atoms with van der Waals surface area (Å²) in [5.41, 5.74) is -0.939. The van der Waals surface area contributed by atoms with Crippen LogP contribution < -0.4 is 5.32 Å². The van der Waals surface area contributed by atoms with Crippen molar-refractivity contribution < 1.29 is 32.3 Å². The van der Waals surface area contributed by atoms with E-state index in [0.717, 1.165) is 34.9 Å². The van der Waals surface area contributed by atoms with Gasteiger partial charge in [0.25, 0.3) is 0 Å². The number of ether oxygens (including phenoxy) is 1. The molecule has 1 aromatic rings. The first kappa shape index (κ1) is 19.8. The molecule has 1 aliphatic heterocycles. The van der Waals surface area contributed by atoms with Crippen LogP contribution in [-0.2, 0) is 25.3 Å². The fourth-order valence-corrected chi connectivity index (χ4v) is 3.03. The van der Waals surface area contributed by atoms with Gasteiger partial charge in [-0.25, -0.2) is 4.79 Å². The van der Waals surface area contributed by atoms with Crippen LogP contribution in [0.2, 0.25) is 0 Å². The molecule has 0 aromatic heterocycles. The minimum Gasteiger partial charge on any atom is -0.463 e. The van der Waals surface area contributed by atoms with Gasteiger partial charge in [0.15, 0.2) is 0 Å². The highest BCUT2D eigenvalue weighted by atomic mass is 32.2. The second-order valence-corrected chi connectivity index (χ2v) is 6.13. The number of halogens is 3. The lowest BCUT2D eigenvalue weighted by Crippen LogP contribution is -2.34. The van der Waals surface area contributed by atoms with Gasteiger partial charge in [0.05, 0.1) is 29.0 Å². The zero-order chi connectivity index (χ0) is 19.3. The molecule has 140 valence electrons. The van der Waals surface area contributed by atoms with Gasteiger partial charge in [-0.05, 0) is 25.1 Å². The molecule has 1 N–H and O–H groups in total. The number of nitrogens with one attached hydrogen (secondary N) is 1. The third-order valence-corrected chi connectivity index (χ3v) is 4.24. The zero-order valence-corrected chi connectivity index (χ0v) is 14.4. The first-order valence-corrected chi connectivity index (χ1v) is 8.48. The molecule has 1 heterocycles. The average molecular weight is 388 g/mol. The Morgan fingerprint density at radius 1 is 1.38 bits per heavy atom. The van der Waals surface area contributed by atoms with Crippen molar-refractivity contribution in [2.24, 2.45) is 0 Å². The number of carbonyl (C=O) groups is 3. The SMILES string of the molecule is CCOC(=O)/C=C1\SCC(=O)N1CC(=O)Nc1cccc(C(F)(F)F)c1. The fourth-order valence-electron chi connectivity index (χ4n) is 2.10. The van der Waals surface area contributed by atoms with Crippen LogP contribution in [0.1, 0.15) is 12.5 Å². The molecule has 0 atom stereocenters. The molecule has 2 amide bonds. The number of carbonyl (C=O) groups excluding carboxylic acids is 3. The van der Waals surface area contributed by atoms with Crippen LogP contribution in [0.4, 0.5) is 18.9 Å². The summed E-state index contributed by atoms with van der Waals surface area (Å²) in [6.07, 6.45) is -3.42. The molecule has 0 spiro atoms. The van der Waals surface area contributed by atoms with Gasteiger partial charge in [0.2, 0.25) is 11.8 Å². The van der Waals surface area contributed by atoms with Crippen LogP contribution in [0.3, 0.4) is 0 Å². The van der Waals surface area contributed by atoms with Crippen LogP contribution in [0.5, 0.6) is 0 Å². The molecule has 1 aromatic carbocycles. The van der Waals surface area contributed by atoms with Gasteiger partial charge in [-0.1, -0.05) is 17.8 Å². The second kappa shape index (κ2) is 8.26. The van der Waals surface area contributed by atoms with Crippen LogP contribution >= 0.6 is 11.8 Å². The molecule has 0 aliphatic carbocycles. The summed E-state index contributed by atoms with van der Waals surface area (Å²) in [6.45, 7) is 1.37. The van der Waals surface area contributed by atoms with Gasteiger partial charge in [-0.3, -0.25) is 14.5 Å². The van der Waals surface area contributed by atoms with Gasteiger partial charge in [-0.15, -0.1) is 0 Å². The molecule has 0 saturated carbocycles. The number of hydrogen-bond donors (Lipinski definition) is 1. The molecular formula is C16H15F3N2O4S. The maximum absolute atomic E-state index is 12.7. The minimum atomic E-state index is -4.53. The Morgan fingerprint density at radius 3 is 2.77 bits per heavy atom. The van der Waals surface area contributed by atoms with E-state index in [1.54, 1.807) is 6.92 Å². The van der Waals surface area contributed by atoms with E-state index >= 15 is 0 Å². The fraction of sp³-hybridized carbons (Fsp3) is 0.312. The third kappa shape index (κ3) is 5.25. The monoisotopic (exact) mass is 388 g/mol. The zero-order valence-electron chi connectivity index (χ0n) is 13.6. The smallest absolute Gasteiger partial charge is 0.416 e. The number of amides is 2. The summed E-state index contributed by atoms with van der Waals surface area (Å²) >= 11 is 1.07. The maximum atomic E-state index is 12.7. The van der Waals surface area contributed by atoms with E-state index in [1.165, 1.54) is 12.1 Å². The van der Waals surface area contributed by atoms with Gasteiger partial charge in [0.1, 0.15) is 6.54 Å². The molecule has 0 radical (unpaired) electrons. The van der Waals surface area contributed by atoms with Crippen LogP contribution in [-0.4, -0.2) is 41.6 Å². The van der Waals surface area contributed by atoms with Crippen molar-refractivity contribution in [3.8, 4) is 0 Å². The summed E-state index contributed by atoms with van der Waals surface area (Å²) in [7, 11) is 0. The molecule has 26 heavy (non-hydrogen) atoms.